The van der Waals surface area contributed by atoms with Crippen molar-refractivity contribution in [3.8, 4) is 0 Å². The zero-order valence-electron chi connectivity index (χ0n) is 10.4. The quantitative estimate of drug-likeness (QED) is 0.799. The first-order valence-electron chi connectivity index (χ1n) is 5.57. The van der Waals surface area contributed by atoms with Crippen molar-refractivity contribution < 1.29 is 12.8 Å². The van der Waals surface area contributed by atoms with Gasteiger partial charge in [0.25, 0.3) is 10.0 Å². The van der Waals surface area contributed by atoms with Crippen LogP contribution in [-0.4, -0.2) is 18.6 Å². The summed E-state index contributed by atoms with van der Waals surface area (Å²) in [5.74, 6) is -0.840. The molecule has 0 spiro atoms. The number of aromatic nitrogens is 2. The molecule has 0 aliphatic heterocycles. The number of nitrogens with two attached hydrogens (primary N) is 1. The molecule has 0 unspecified atom stereocenters. The highest BCUT2D eigenvalue weighted by atomic mass is 35.5. The molecule has 6 nitrogen and oxygen atoms in total. The van der Waals surface area contributed by atoms with Gasteiger partial charge in [0.05, 0.1) is 22.1 Å². The molecule has 2 aromatic rings. The van der Waals surface area contributed by atoms with Crippen LogP contribution in [0.25, 0.3) is 0 Å². The summed E-state index contributed by atoms with van der Waals surface area (Å²) in [6.45, 7) is 1.48. The van der Waals surface area contributed by atoms with Crippen molar-refractivity contribution in [1.29, 1.82) is 0 Å². The second kappa shape index (κ2) is 5.39. The number of benzene rings is 1. The van der Waals surface area contributed by atoms with Crippen molar-refractivity contribution >= 4 is 27.3 Å². The Morgan fingerprint density at radius 2 is 2.20 bits per heavy atom. The van der Waals surface area contributed by atoms with E-state index < -0.39 is 15.8 Å². The van der Waals surface area contributed by atoms with Crippen LogP contribution < -0.4 is 10.5 Å². The fourth-order valence-electron chi connectivity index (χ4n) is 1.74. The molecule has 0 amide bonds. The van der Waals surface area contributed by atoms with Crippen LogP contribution in [0.3, 0.4) is 0 Å². The van der Waals surface area contributed by atoms with E-state index in [1.54, 1.807) is 0 Å². The Balaban J connectivity index is 2.46. The Labute approximate surface area is 120 Å². The van der Waals surface area contributed by atoms with E-state index in [0.29, 0.717) is 5.69 Å². The summed E-state index contributed by atoms with van der Waals surface area (Å²) in [7, 11) is -4.01. The minimum atomic E-state index is -4.01. The number of sulfonamides is 1. The average Bonchev–Trinajstić information content (AvgIpc) is 2.77. The van der Waals surface area contributed by atoms with Crippen molar-refractivity contribution in [2.75, 3.05) is 4.72 Å². The largest absolute Gasteiger partial charge is 0.325 e. The molecule has 0 saturated carbocycles. The van der Waals surface area contributed by atoms with Gasteiger partial charge in [0.15, 0.2) is 5.82 Å². The first kappa shape index (κ1) is 14.8. The Morgan fingerprint density at radius 3 is 2.85 bits per heavy atom. The summed E-state index contributed by atoms with van der Waals surface area (Å²) < 4.78 is 40.5. The van der Waals surface area contributed by atoms with Crippen LogP contribution in [0.2, 0.25) is 5.02 Å². The van der Waals surface area contributed by atoms with Gasteiger partial charge >= 0.3 is 0 Å². The molecule has 9 heteroatoms. The zero-order valence-corrected chi connectivity index (χ0v) is 12.0. The van der Waals surface area contributed by atoms with Gasteiger partial charge in [-0.2, -0.15) is 5.10 Å². The third-order valence-electron chi connectivity index (χ3n) is 2.62. The molecular formula is C11H12ClFN4O2S. The van der Waals surface area contributed by atoms with E-state index in [1.165, 1.54) is 25.1 Å². The first-order chi connectivity index (χ1) is 9.36. The summed E-state index contributed by atoms with van der Waals surface area (Å²) >= 11 is 5.61. The SMILES string of the molecule is Cc1[nH]nc(CN)c1S(=O)(=O)Nc1cccc(Cl)c1F. The molecule has 108 valence electrons. The summed E-state index contributed by atoms with van der Waals surface area (Å²) in [4.78, 5) is -0.0839. The molecule has 0 radical (unpaired) electrons. The number of anilines is 1. The third-order valence-corrected chi connectivity index (χ3v) is 4.48. The van der Waals surface area contributed by atoms with Crippen LogP contribution in [0.5, 0.6) is 0 Å². The number of halogens is 2. The normalized spacial score (nSPS) is 11.6. The predicted molar refractivity (Wildman–Crippen MR) is 73.4 cm³/mol. The smallest absolute Gasteiger partial charge is 0.265 e. The van der Waals surface area contributed by atoms with E-state index in [0.717, 1.165) is 0 Å². The molecule has 0 bridgehead atoms. The van der Waals surface area contributed by atoms with Crippen LogP contribution >= 0.6 is 11.6 Å². The van der Waals surface area contributed by atoms with Crippen LogP contribution in [0, 0.1) is 12.7 Å². The molecule has 0 aliphatic carbocycles. The van der Waals surface area contributed by atoms with Crippen LogP contribution in [-0.2, 0) is 16.6 Å². The van der Waals surface area contributed by atoms with E-state index in [1.807, 2.05) is 0 Å². The summed E-state index contributed by atoms with van der Waals surface area (Å²) in [6.07, 6.45) is 0. The van der Waals surface area contributed by atoms with Gasteiger partial charge in [-0.25, -0.2) is 12.8 Å². The lowest BCUT2D eigenvalue weighted by Gasteiger charge is -2.10. The maximum absolute atomic E-state index is 13.7. The maximum atomic E-state index is 13.7. The number of hydrogen-bond donors (Lipinski definition) is 3. The minimum Gasteiger partial charge on any atom is -0.325 e. The third kappa shape index (κ3) is 2.62. The molecule has 0 fully saturated rings. The molecule has 1 aromatic carbocycles. The van der Waals surface area contributed by atoms with Crippen molar-refractivity contribution in [2.24, 2.45) is 5.73 Å². The predicted octanol–water partition coefficient (Wildman–Crippen LogP) is 1.77. The van der Waals surface area contributed by atoms with Crippen LogP contribution in [0.4, 0.5) is 10.1 Å². The second-order valence-corrected chi connectivity index (χ2v) is 6.06. The van der Waals surface area contributed by atoms with Gasteiger partial charge in [0.2, 0.25) is 0 Å². The van der Waals surface area contributed by atoms with E-state index in [9.17, 15) is 12.8 Å². The average molecular weight is 319 g/mol. The highest BCUT2D eigenvalue weighted by molar-refractivity contribution is 7.92. The standard InChI is InChI=1S/C11H12ClFN4O2S/c1-6-11(9(5-14)16-15-6)20(18,19)17-8-4-2-3-7(12)10(8)13/h2-4,17H,5,14H2,1H3,(H,15,16). The Hall–Kier alpha value is -1.64. The lowest BCUT2D eigenvalue weighted by molar-refractivity contribution is 0.597. The van der Waals surface area contributed by atoms with Gasteiger partial charge in [-0.15, -0.1) is 0 Å². The number of nitrogens with one attached hydrogen (secondary N) is 2. The Kier molecular flexibility index (Phi) is 3.98. The van der Waals surface area contributed by atoms with Gasteiger partial charge in [-0.1, -0.05) is 17.7 Å². The topological polar surface area (TPSA) is 101 Å². The molecule has 0 aliphatic rings. The van der Waals surface area contributed by atoms with E-state index in [-0.39, 0.29) is 27.8 Å². The van der Waals surface area contributed by atoms with Crippen molar-refractivity contribution in [2.45, 2.75) is 18.4 Å². The zero-order chi connectivity index (χ0) is 14.9. The number of rotatable bonds is 4. The van der Waals surface area contributed by atoms with Gasteiger partial charge in [0, 0.05) is 6.54 Å². The number of aromatic amines is 1. The fraction of sp³-hybridized carbons (Fsp3) is 0.182. The van der Waals surface area contributed by atoms with E-state index >= 15 is 0 Å². The molecule has 20 heavy (non-hydrogen) atoms. The second-order valence-electron chi connectivity index (χ2n) is 4.04. The number of nitrogens with zero attached hydrogens (tertiary/aromatic N) is 1. The van der Waals surface area contributed by atoms with Gasteiger partial charge in [-0.3, -0.25) is 9.82 Å². The van der Waals surface area contributed by atoms with Crippen LogP contribution in [0.15, 0.2) is 23.1 Å². The number of hydrogen-bond acceptors (Lipinski definition) is 4. The summed E-state index contributed by atoms with van der Waals surface area (Å²) in [5, 5.41) is 6.16. The van der Waals surface area contributed by atoms with Gasteiger partial charge in [-0.05, 0) is 19.1 Å². The first-order valence-corrected chi connectivity index (χ1v) is 7.43. The van der Waals surface area contributed by atoms with Gasteiger partial charge in [0.1, 0.15) is 4.90 Å². The monoisotopic (exact) mass is 318 g/mol. The fourth-order valence-corrected chi connectivity index (χ4v) is 3.35. The molecule has 0 atom stereocenters. The Bertz CT molecular complexity index is 745. The maximum Gasteiger partial charge on any atom is 0.265 e. The molecular weight excluding hydrogens is 307 g/mol. The van der Waals surface area contributed by atoms with Crippen LogP contribution in [0.1, 0.15) is 11.4 Å². The lowest BCUT2D eigenvalue weighted by Crippen LogP contribution is -2.17. The molecule has 1 heterocycles. The highest BCUT2D eigenvalue weighted by Crippen LogP contribution is 2.26. The van der Waals surface area contributed by atoms with E-state index in [4.69, 9.17) is 17.3 Å². The number of aryl methyl sites for hydroxylation is 1. The summed E-state index contributed by atoms with van der Waals surface area (Å²) in [5.41, 5.74) is 5.70. The molecule has 0 saturated heterocycles. The van der Waals surface area contributed by atoms with Crippen molar-refractivity contribution in [1.82, 2.24) is 10.2 Å². The van der Waals surface area contributed by atoms with Gasteiger partial charge < -0.3 is 5.73 Å². The van der Waals surface area contributed by atoms with Crippen molar-refractivity contribution in [3.63, 3.8) is 0 Å². The molecule has 4 N–H and O–H groups in total. The van der Waals surface area contributed by atoms with E-state index in [2.05, 4.69) is 14.9 Å². The highest BCUT2D eigenvalue weighted by Gasteiger charge is 2.25. The summed E-state index contributed by atoms with van der Waals surface area (Å²) in [6, 6.07) is 4.04. The minimum absolute atomic E-state index is 0.0569. The lowest BCUT2D eigenvalue weighted by atomic mass is 10.3. The van der Waals surface area contributed by atoms with Crippen molar-refractivity contribution in [3.05, 3.63) is 40.4 Å². The molecule has 2 rings (SSSR count). The number of H-pyrrole nitrogens is 1. The Morgan fingerprint density at radius 1 is 1.50 bits per heavy atom. The molecule has 1 aromatic heterocycles.